The van der Waals surface area contributed by atoms with Crippen molar-refractivity contribution in [2.45, 2.75) is 38.6 Å². The predicted molar refractivity (Wildman–Crippen MR) is 128 cm³/mol. The van der Waals surface area contributed by atoms with Crippen LogP contribution in [0.1, 0.15) is 47.6 Å². The van der Waals surface area contributed by atoms with Crippen molar-refractivity contribution in [1.29, 1.82) is 0 Å². The maximum atomic E-state index is 12.7. The Kier molecular flexibility index (Phi) is 5.94. The molecule has 180 valence electrons. The highest BCUT2D eigenvalue weighted by Gasteiger charge is 2.26. The zero-order valence-electron chi connectivity index (χ0n) is 19.2. The van der Waals surface area contributed by atoms with Gasteiger partial charge in [0, 0.05) is 37.1 Å². The Labute approximate surface area is 199 Å². The van der Waals surface area contributed by atoms with E-state index in [1.54, 1.807) is 17.9 Å². The number of amides is 1. The van der Waals surface area contributed by atoms with Crippen LogP contribution < -0.4 is 11.4 Å². The van der Waals surface area contributed by atoms with E-state index in [0.717, 1.165) is 11.1 Å². The lowest BCUT2D eigenvalue weighted by Gasteiger charge is -2.31. The Balaban J connectivity index is 1.17. The lowest BCUT2D eigenvalue weighted by atomic mass is 10.0. The molecule has 4 aromatic rings. The number of rotatable bonds is 6. The number of aryl methyl sites for hydroxylation is 1. The van der Waals surface area contributed by atoms with Crippen molar-refractivity contribution in [3.05, 3.63) is 74.6 Å². The number of aromatic amines is 2. The number of likely N-dealkylation sites (tertiary alicyclic amines) is 1. The van der Waals surface area contributed by atoms with Crippen molar-refractivity contribution in [3.8, 4) is 11.4 Å². The monoisotopic (exact) mass is 475 g/mol. The van der Waals surface area contributed by atoms with Crippen LogP contribution in [-0.2, 0) is 4.79 Å². The Hall–Kier alpha value is -4.21. The van der Waals surface area contributed by atoms with Crippen LogP contribution in [0.4, 0.5) is 0 Å². The molecule has 1 aliphatic rings. The Bertz CT molecular complexity index is 1500. The smallest absolute Gasteiger partial charge is 0.408 e. The van der Waals surface area contributed by atoms with E-state index in [1.807, 2.05) is 30.3 Å². The zero-order valence-corrected chi connectivity index (χ0v) is 19.2. The molecule has 35 heavy (non-hydrogen) atoms. The van der Waals surface area contributed by atoms with Crippen LogP contribution >= 0.6 is 0 Å². The van der Waals surface area contributed by atoms with Crippen molar-refractivity contribution < 1.29 is 14.0 Å². The predicted octanol–water partition coefficient (Wildman–Crippen LogP) is 2.81. The topological polar surface area (TPSA) is 134 Å². The molecule has 1 amide bonds. The summed E-state index contributed by atoms with van der Waals surface area (Å²) in [4.78, 5) is 56.4. The van der Waals surface area contributed by atoms with Gasteiger partial charge in [-0.25, -0.2) is 14.3 Å². The number of ketones is 1. The first-order valence-corrected chi connectivity index (χ1v) is 11.6. The first-order valence-electron chi connectivity index (χ1n) is 11.6. The molecule has 2 N–H and O–H groups in total. The molecule has 0 bridgehead atoms. The molecule has 10 heteroatoms. The van der Waals surface area contributed by atoms with Crippen molar-refractivity contribution in [2.75, 3.05) is 13.1 Å². The summed E-state index contributed by atoms with van der Waals surface area (Å²) in [5, 5.41) is 4.47. The van der Waals surface area contributed by atoms with Gasteiger partial charge in [0.2, 0.25) is 5.91 Å². The van der Waals surface area contributed by atoms with Crippen LogP contribution in [0.5, 0.6) is 0 Å². The second-order valence-electron chi connectivity index (χ2n) is 8.81. The fraction of sp³-hybridized carbons (Fsp3) is 0.320. The molecule has 2 aromatic carbocycles. The minimum absolute atomic E-state index is 0.0671. The maximum Gasteiger partial charge on any atom is 0.417 e. The van der Waals surface area contributed by atoms with Crippen molar-refractivity contribution >= 4 is 22.8 Å². The molecule has 0 atom stereocenters. The van der Waals surface area contributed by atoms with Gasteiger partial charge in [0.05, 0.1) is 11.6 Å². The van der Waals surface area contributed by atoms with Gasteiger partial charge in [-0.1, -0.05) is 30.3 Å². The van der Waals surface area contributed by atoms with Crippen LogP contribution in [0.3, 0.4) is 0 Å². The van der Waals surface area contributed by atoms with E-state index < -0.39 is 5.76 Å². The Morgan fingerprint density at radius 2 is 1.80 bits per heavy atom. The number of hydrogen-bond acceptors (Lipinski definition) is 6. The highest BCUT2D eigenvalue weighted by Crippen LogP contribution is 2.23. The molecule has 0 saturated carbocycles. The number of oxazole rings is 1. The van der Waals surface area contributed by atoms with E-state index in [-0.39, 0.29) is 36.3 Å². The number of nitrogens with one attached hydrogen (secondary N) is 2. The van der Waals surface area contributed by atoms with Gasteiger partial charge in [0.25, 0.3) is 0 Å². The Morgan fingerprint density at radius 1 is 1.06 bits per heavy atom. The standard InChI is InChI=1S/C25H25N5O5/c1-15-13-17(14-20-22(15)26-25(34)35-20)19(31)7-8-21(32)29-11-9-18(10-12-29)30-24(33)27-23(28-30)16-5-3-2-4-6-16/h2-6,13-14,18H,7-12H2,1H3,(H,26,34)(H,27,28,33). The summed E-state index contributed by atoms with van der Waals surface area (Å²) in [7, 11) is 0. The second-order valence-corrected chi connectivity index (χ2v) is 8.81. The lowest BCUT2D eigenvalue weighted by Crippen LogP contribution is -2.40. The third-order valence-electron chi connectivity index (χ3n) is 6.47. The lowest BCUT2D eigenvalue weighted by molar-refractivity contribution is -0.132. The number of hydrogen-bond donors (Lipinski definition) is 2. The number of aromatic nitrogens is 4. The number of Topliss-reactive ketones (excluding diaryl/α,β-unsaturated/α-hetero) is 1. The quantitative estimate of drug-likeness (QED) is 0.412. The maximum absolute atomic E-state index is 12.7. The zero-order chi connectivity index (χ0) is 24.5. The molecular formula is C25H25N5O5. The fourth-order valence-corrected chi connectivity index (χ4v) is 4.58. The molecule has 2 aromatic heterocycles. The van der Waals surface area contributed by atoms with Crippen molar-refractivity contribution in [3.63, 3.8) is 0 Å². The summed E-state index contributed by atoms with van der Waals surface area (Å²) in [5.41, 5.74) is 2.62. The SMILES string of the molecule is Cc1cc(C(=O)CCC(=O)N2CCC(n3nc(-c4ccccc4)[nH]c3=O)CC2)cc2oc(=O)[nH]c12. The van der Waals surface area contributed by atoms with Gasteiger partial charge < -0.3 is 9.32 Å². The van der Waals surface area contributed by atoms with Crippen LogP contribution in [0.2, 0.25) is 0 Å². The molecule has 0 spiro atoms. The number of benzene rings is 2. The molecule has 1 saturated heterocycles. The number of fused-ring (bicyclic) bond motifs is 1. The van der Waals surface area contributed by atoms with E-state index in [0.29, 0.717) is 48.4 Å². The van der Waals surface area contributed by atoms with E-state index in [4.69, 9.17) is 4.42 Å². The van der Waals surface area contributed by atoms with E-state index in [9.17, 15) is 19.2 Å². The van der Waals surface area contributed by atoms with Gasteiger partial charge >= 0.3 is 11.4 Å². The number of H-pyrrole nitrogens is 2. The number of piperidine rings is 1. The van der Waals surface area contributed by atoms with Crippen LogP contribution in [0, 0.1) is 6.92 Å². The number of nitrogens with zero attached hydrogens (tertiary/aromatic N) is 3. The molecule has 0 aliphatic carbocycles. The van der Waals surface area contributed by atoms with E-state index in [2.05, 4.69) is 15.1 Å². The van der Waals surface area contributed by atoms with Gasteiger partial charge in [-0.2, -0.15) is 0 Å². The third kappa shape index (κ3) is 4.59. The first-order chi connectivity index (χ1) is 16.9. The van der Waals surface area contributed by atoms with Crippen LogP contribution in [0.25, 0.3) is 22.5 Å². The van der Waals surface area contributed by atoms with E-state index in [1.165, 1.54) is 10.7 Å². The third-order valence-corrected chi connectivity index (χ3v) is 6.47. The van der Waals surface area contributed by atoms with Crippen molar-refractivity contribution in [1.82, 2.24) is 24.6 Å². The molecule has 0 unspecified atom stereocenters. The highest BCUT2D eigenvalue weighted by atomic mass is 16.4. The van der Waals surface area contributed by atoms with Gasteiger partial charge in [-0.15, -0.1) is 5.10 Å². The number of carbonyl (C=O) groups is 2. The molecule has 1 aliphatic heterocycles. The molecule has 5 rings (SSSR count). The molecular weight excluding hydrogens is 450 g/mol. The summed E-state index contributed by atoms with van der Waals surface area (Å²) < 4.78 is 6.55. The minimum Gasteiger partial charge on any atom is -0.408 e. The second kappa shape index (κ2) is 9.21. The highest BCUT2D eigenvalue weighted by molar-refractivity contribution is 6.00. The summed E-state index contributed by atoms with van der Waals surface area (Å²) in [6, 6.07) is 12.6. The summed E-state index contributed by atoms with van der Waals surface area (Å²) in [6.07, 6.45) is 1.39. The Morgan fingerprint density at radius 3 is 2.54 bits per heavy atom. The van der Waals surface area contributed by atoms with Crippen molar-refractivity contribution in [2.24, 2.45) is 0 Å². The number of carbonyl (C=O) groups excluding carboxylic acids is 2. The minimum atomic E-state index is -0.570. The van der Waals surface area contributed by atoms with Crippen LogP contribution in [-0.4, -0.2) is 49.4 Å². The normalized spacial score (nSPS) is 14.5. The molecule has 10 nitrogen and oxygen atoms in total. The van der Waals surface area contributed by atoms with E-state index >= 15 is 0 Å². The van der Waals surface area contributed by atoms with Crippen LogP contribution in [0.15, 0.2) is 56.5 Å². The fourth-order valence-electron chi connectivity index (χ4n) is 4.58. The summed E-state index contributed by atoms with van der Waals surface area (Å²) >= 11 is 0. The molecule has 1 fully saturated rings. The largest absolute Gasteiger partial charge is 0.417 e. The average molecular weight is 476 g/mol. The van der Waals surface area contributed by atoms with Gasteiger partial charge in [-0.3, -0.25) is 19.6 Å². The molecule has 3 heterocycles. The summed E-state index contributed by atoms with van der Waals surface area (Å²) in [5.74, 6) is -0.319. The molecule has 0 radical (unpaired) electrons. The van der Waals surface area contributed by atoms with Gasteiger partial charge in [-0.05, 0) is 37.5 Å². The summed E-state index contributed by atoms with van der Waals surface area (Å²) in [6.45, 7) is 2.78. The van der Waals surface area contributed by atoms with Gasteiger partial charge in [0.15, 0.2) is 17.2 Å². The van der Waals surface area contributed by atoms with Gasteiger partial charge in [0.1, 0.15) is 0 Å². The average Bonchev–Trinajstić information content (AvgIpc) is 3.45. The first kappa shape index (κ1) is 22.6.